The second-order valence-corrected chi connectivity index (χ2v) is 9.13. The van der Waals surface area contributed by atoms with E-state index in [1.165, 1.54) is 0 Å². The number of nitrogens with zero attached hydrogens (tertiary/aromatic N) is 1. The molecule has 7 heteroatoms. The number of carbonyl (C=O) groups excluding carboxylic acids is 1. The second-order valence-electron chi connectivity index (χ2n) is 6.90. The van der Waals surface area contributed by atoms with Gasteiger partial charge in [-0.15, -0.1) is 0 Å². The Kier molecular flexibility index (Phi) is 5.00. The fraction of sp³-hybridized carbons (Fsp3) is 0.368. The third-order valence-corrected chi connectivity index (χ3v) is 6.29. The molecule has 2 N–H and O–H groups in total. The normalized spacial score (nSPS) is 18.5. The van der Waals surface area contributed by atoms with Crippen molar-refractivity contribution in [2.24, 2.45) is 0 Å². The van der Waals surface area contributed by atoms with Crippen molar-refractivity contribution in [2.45, 2.75) is 33.2 Å². The van der Waals surface area contributed by atoms with Crippen molar-refractivity contribution in [1.82, 2.24) is 4.98 Å². The monoisotopic (exact) mass is 373 g/mol. The van der Waals surface area contributed by atoms with Crippen LogP contribution in [0, 0.1) is 20.8 Å². The van der Waals surface area contributed by atoms with Crippen molar-refractivity contribution < 1.29 is 13.2 Å². The largest absolute Gasteiger partial charge is 0.366 e. The Morgan fingerprint density at radius 3 is 2.46 bits per heavy atom. The number of nitrogens with one attached hydrogen (secondary N) is 2. The Hall–Kier alpha value is -2.41. The first kappa shape index (κ1) is 18.4. The van der Waals surface area contributed by atoms with Crippen LogP contribution < -0.4 is 10.6 Å². The van der Waals surface area contributed by atoms with Gasteiger partial charge in [0.05, 0.1) is 11.5 Å². The summed E-state index contributed by atoms with van der Waals surface area (Å²) in [4.78, 5) is 16.8. The van der Waals surface area contributed by atoms with Crippen LogP contribution in [0.15, 0.2) is 30.5 Å². The molecule has 1 aliphatic heterocycles. The number of amides is 1. The fourth-order valence-corrected chi connectivity index (χ4v) is 5.00. The summed E-state index contributed by atoms with van der Waals surface area (Å²) in [5.74, 6) is 0.589. The number of aromatic nitrogens is 1. The van der Waals surface area contributed by atoms with E-state index in [1.54, 1.807) is 18.3 Å². The Morgan fingerprint density at radius 2 is 1.85 bits per heavy atom. The number of rotatable bonds is 4. The van der Waals surface area contributed by atoms with Gasteiger partial charge in [0.2, 0.25) is 0 Å². The van der Waals surface area contributed by atoms with Gasteiger partial charge in [-0.2, -0.15) is 0 Å². The Labute approximate surface area is 154 Å². The van der Waals surface area contributed by atoms with Crippen molar-refractivity contribution in [2.75, 3.05) is 22.1 Å². The van der Waals surface area contributed by atoms with E-state index in [1.807, 2.05) is 32.9 Å². The van der Waals surface area contributed by atoms with Gasteiger partial charge in [0.25, 0.3) is 5.91 Å². The molecule has 1 unspecified atom stereocenters. The highest BCUT2D eigenvalue weighted by atomic mass is 32.2. The van der Waals surface area contributed by atoms with Crippen LogP contribution in [0.1, 0.15) is 33.5 Å². The summed E-state index contributed by atoms with van der Waals surface area (Å²) < 4.78 is 23.1. The van der Waals surface area contributed by atoms with Gasteiger partial charge in [-0.05, 0) is 50.5 Å². The topological polar surface area (TPSA) is 88.2 Å². The van der Waals surface area contributed by atoms with E-state index in [0.29, 0.717) is 17.8 Å². The maximum Gasteiger partial charge on any atom is 0.255 e. The van der Waals surface area contributed by atoms with Gasteiger partial charge < -0.3 is 10.6 Å². The van der Waals surface area contributed by atoms with Gasteiger partial charge in [-0.3, -0.25) is 4.79 Å². The SMILES string of the molecule is Cc1cc(C)c(NC(=O)c2ccnc(NC3CCS(=O)(=O)C3)c2)c(C)c1. The molecule has 1 fully saturated rings. The molecule has 0 radical (unpaired) electrons. The standard InChI is InChI=1S/C19H23N3O3S/c1-12-8-13(2)18(14(3)9-12)22-19(23)15-4-6-20-17(10-15)21-16-5-7-26(24,25)11-16/h4,6,8-10,16H,5,7,11H2,1-3H3,(H,20,21)(H,22,23). The van der Waals surface area contributed by atoms with Crippen LogP contribution in [-0.2, 0) is 9.84 Å². The predicted octanol–water partition coefficient (Wildman–Crippen LogP) is 2.86. The van der Waals surface area contributed by atoms with Crippen LogP contribution in [0.4, 0.5) is 11.5 Å². The highest BCUT2D eigenvalue weighted by molar-refractivity contribution is 7.91. The van der Waals surface area contributed by atoms with Crippen molar-refractivity contribution in [3.8, 4) is 0 Å². The molecule has 1 atom stereocenters. The highest BCUT2D eigenvalue weighted by Crippen LogP contribution is 2.23. The van der Waals surface area contributed by atoms with Gasteiger partial charge in [0, 0.05) is 23.5 Å². The molecule has 0 bridgehead atoms. The predicted molar refractivity (Wildman–Crippen MR) is 104 cm³/mol. The minimum atomic E-state index is -2.97. The van der Waals surface area contributed by atoms with E-state index in [4.69, 9.17) is 0 Å². The van der Waals surface area contributed by atoms with E-state index in [-0.39, 0.29) is 23.5 Å². The van der Waals surface area contributed by atoms with Crippen molar-refractivity contribution in [3.05, 3.63) is 52.7 Å². The third-order valence-electron chi connectivity index (χ3n) is 4.52. The van der Waals surface area contributed by atoms with Gasteiger partial charge in [-0.25, -0.2) is 13.4 Å². The first-order valence-corrected chi connectivity index (χ1v) is 10.4. The van der Waals surface area contributed by atoms with Gasteiger partial charge in [-0.1, -0.05) is 17.7 Å². The molecule has 1 aromatic carbocycles. The van der Waals surface area contributed by atoms with E-state index in [0.717, 1.165) is 22.4 Å². The second kappa shape index (κ2) is 7.07. The molecule has 1 aromatic heterocycles. The molecule has 0 saturated carbocycles. The van der Waals surface area contributed by atoms with E-state index in [2.05, 4.69) is 15.6 Å². The number of aryl methyl sites for hydroxylation is 3. The van der Waals surface area contributed by atoms with E-state index >= 15 is 0 Å². The lowest BCUT2D eigenvalue weighted by Gasteiger charge is -2.14. The maximum absolute atomic E-state index is 12.6. The molecular weight excluding hydrogens is 350 g/mol. The summed E-state index contributed by atoms with van der Waals surface area (Å²) in [6.07, 6.45) is 2.11. The average Bonchev–Trinajstić information content (AvgIpc) is 2.89. The van der Waals surface area contributed by atoms with Crippen LogP contribution in [0.2, 0.25) is 0 Å². The first-order valence-electron chi connectivity index (χ1n) is 8.56. The Balaban J connectivity index is 1.75. The number of benzene rings is 1. The zero-order valence-electron chi connectivity index (χ0n) is 15.2. The quantitative estimate of drug-likeness (QED) is 0.860. The zero-order valence-corrected chi connectivity index (χ0v) is 16.0. The number of anilines is 2. The molecule has 6 nitrogen and oxygen atoms in total. The van der Waals surface area contributed by atoms with Crippen molar-refractivity contribution in [3.63, 3.8) is 0 Å². The lowest BCUT2D eigenvalue weighted by molar-refractivity contribution is 0.102. The Morgan fingerprint density at radius 1 is 1.15 bits per heavy atom. The number of hydrogen-bond donors (Lipinski definition) is 2. The fourth-order valence-electron chi connectivity index (χ4n) is 3.33. The first-order chi connectivity index (χ1) is 12.2. The number of pyridine rings is 1. The van der Waals surface area contributed by atoms with Crippen LogP contribution in [0.25, 0.3) is 0 Å². The van der Waals surface area contributed by atoms with Crippen LogP contribution in [-0.4, -0.2) is 36.9 Å². The van der Waals surface area contributed by atoms with E-state index in [9.17, 15) is 13.2 Å². The third kappa shape index (κ3) is 4.22. The molecular formula is C19H23N3O3S. The molecule has 0 spiro atoms. The molecule has 1 amide bonds. The summed E-state index contributed by atoms with van der Waals surface area (Å²) in [5.41, 5.74) is 4.47. The smallest absolute Gasteiger partial charge is 0.255 e. The molecule has 3 rings (SSSR count). The molecule has 2 heterocycles. The number of sulfone groups is 1. The molecule has 138 valence electrons. The van der Waals surface area contributed by atoms with Gasteiger partial charge in [0.1, 0.15) is 5.82 Å². The zero-order chi connectivity index (χ0) is 18.9. The minimum absolute atomic E-state index is 0.104. The summed E-state index contributed by atoms with van der Waals surface area (Å²) in [5, 5.41) is 6.08. The van der Waals surface area contributed by atoms with Crippen LogP contribution in [0.3, 0.4) is 0 Å². The maximum atomic E-state index is 12.6. The number of carbonyl (C=O) groups is 1. The summed E-state index contributed by atoms with van der Waals surface area (Å²) in [6.45, 7) is 5.96. The lowest BCUT2D eigenvalue weighted by Crippen LogP contribution is -2.21. The van der Waals surface area contributed by atoms with Crippen molar-refractivity contribution in [1.29, 1.82) is 0 Å². The minimum Gasteiger partial charge on any atom is -0.366 e. The average molecular weight is 373 g/mol. The van der Waals surface area contributed by atoms with Crippen LogP contribution in [0.5, 0.6) is 0 Å². The van der Waals surface area contributed by atoms with Crippen LogP contribution >= 0.6 is 0 Å². The molecule has 2 aromatic rings. The summed E-state index contributed by atoms with van der Waals surface area (Å²) >= 11 is 0. The molecule has 1 saturated heterocycles. The van der Waals surface area contributed by atoms with E-state index < -0.39 is 9.84 Å². The summed E-state index contributed by atoms with van der Waals surface area (Å²) in [7, 11) is -2.97. The molecule has 26 heavy (non-hydrogen) atoms. The molecule has 1 aliphatic rings. The highest BCUT2D eigenvalue weighted by Gasteiger charge is 2.28. The number of hydrogen-bond acceptors (Lipinski definition) is 5. The lowest BCUT2D eigenvalue weighted by atomic mass is 10.0. The Bertz CT molecular complexity index is 931. The molecule has 0 aliphatic carbocycles. The van der Waals surface area contributed by atoms with Crippen molar-refractivity contribution >= 4 is 27.2 Å². The van der Waals surface area contributed by atoms with Gasteiger partial charge >= 0.3 is 0 Å². The summed E-state index contributed by atoms with van der Waals surface area (Å²) in [6, 6.07) is 7.20. The van der Waals surface area contributed by atoms with Gasteiger partial charge in [0.15, 0.2) is 9.84 Å².